The number of nitrogens with one attached hydrogen (secondary N) is 1. The normalized spacial score (nSPS) is 11.3. The smallest absolute Gasteiger partial charge is 0.327 e. The van der Waals surface area contributed by atoms with Gasteiger partial charge in [0.1, 0.15) is 6.04 Å². The first-order valence-electron chi connectivity index (χ1n) is 4.74. The van der Waals surface area contributed by atoms with E-state index in [1.165, 1.54) is 0 Å². The molecule has 0 aliphatic carbocycles. The van der Waals surface area contributed by atoms with Crippen molar-refractivity contribution in [2.24, 2.45) is 0 Å². The molecule has 0 bridgehead atoms. The van der Waals surface area contributed by atoms with E-state index in [-0.39, 0.29) is 41.2 Å². The van der Waals surface area contributed by atoms with Crippen molar-refractivity contribution in [3.05, 3.63) is 0 Å². The van der Waals surface area contributed by atoms with Crippen LogP contribution in [0.2, 0.25) is 0 Å². The Kier molecular flexibility index (Phi) is 12.7. The van der Waals surface area contributed by atoms with Gasteiger partial charge in [0.15, 0.2) is 0 Å². The molecule has 0 aliphatic rings. The van der Waals surface area contributed by atoms with E-state index in [1.807, 2.05) is 6.92 Å². The minimum Gasteiger partial charge on any atom is -0.480 e. The molecule has 1 atom stereocenters. The molecule has 4 nitrogen and oxygen atoms in total. The molecule has 0 fully saturated rings. The number of carboxylic acid groups (broad SMARTS) is 1. The van der Waals surface area contributed by atoms with Crippen molar-refractivity contribution in [3.63, 3.8) is 0 Å². The third-order valence-electron chi connectivity index (χ3n) is 1.82. The first-order chi connectivity index (χ1) is 6.61. The molecule has 0 aromatic heterocycles. The maximum Gasteiger partial charge on any atom is 0.327 e. The zero-order valence-corrected chi connectivity index (χ0v) is 12.2. The molecule has 0 rings (SSSR count). The van der Waals surface area contributed by atoms with Gasteiger partial charge in [0.05, 0.1) is 0 Å². The van der Waals surface area contributed by atoms with Crippen LogP contribution >= 0.6 is 12.6 Å². The van der Waals surface area contributed by atoms with E-state index in [2.05, 4.69) is 17.9 Å². The first kappa shape index (κ1) is 17.7. The van der Waals surface area contributed by atoms with Gasteiger partial charge in [0.25, 0.3) is 0 Å². The quantitative estimate of drug-likeness (QED) is 0.349. The van der Waals surface area contributed by atoms with Crippen molar-refractivity contribution in [1.82, 2.24) is 5.32 Å². The van der Waals surface area contributed by atoms with Crippen LogP contribution in [0.4, 0.5) is 0 Å². The molecule has 1 radical (unpaired) electrons. The van der Waals surface area contributed by atoms with Crippen LogP contribution in [-0.4, -0.2) is 58.3 Å². The molecule has 0 aromatic carbocycles. The number of amides is 1. The summed E-state index contributed by atoms with van der Waals surface area (Å²) < 4.78 is 0. The average molecular weight is 242 g/mol. The molecule has 0 unspecified atom stereocenters. The molecule has 0 spiro atoms. The molecule has 83 valence electrons. The number of rotatable bonds is 7. The summed E-state index contributed by atoms with van der Waals surface area (Å²) in [5.41, 5.74) is 0. The Morgan fingerprint density at radius 2 is 2.00 bits per heavy atom. The summed E-state index contributed by atoms with van der Waals surface area (Å²) in [5.74, 6) is -1.13. The van der Waals surface area contributed by atoms with Crippen LogP contribution in [0.3, 0.4) is 0 Å². The maximum atomic E-state index is 11.2. The fourth-order valence-corrected chi connectivity index (χ4v) is 1.24. The summed E-state index contributed by atoms with van der Waals surface area (Å²) in [6, 6.07) is -0.868. The molecule has 0 saturated carbocycles. The van der Waals surface area contributed by atoms with Crippen molar-refractivity contribution in [1.29, 1.82) is 0 Å². The fraction of sp³-hybridized carbons (Fsp3) is 0.778. The predicted molar refractivity (Wildman–Crippen MR) is 63.3 cm³/mol. The Morgan fingerprint density at radius 1 is 1.40 bits per heavy atom. The van der Waals surface area contributed by atoms with Crippen molar-refractivity contribution < 1.29 is 14.7 Å². The second kappa shape index (κ2) is 10.8. The third-order valence-corrected chi connectivity index (χ3v) is 2.19. The molecule has 1 amide bonds. The Hall–Kier alpha value is 0.290. The van der Waals surface area contributed by atoms with Gasteiger partial charge < -0.3 is 10.4 Å². The SMILES string of the molecule is CCCCCC(=O)N[C@@H](CS)C(=O)O.[Na]. The monoisotopic (exact) mass is 242 g/mol. The predicted octanol–water partition coefficient (Wildman–Crippen LogP) is 0.685. The van der Waals surface area contributed by atoms with Crippen LogP contribution in [-0.2, 0) is 9.59 Å². The Balaban J connectivity index is 0. The number of aliphatic carboxylic acids is 1. The van der Waals surface area contributed by atoms with E-state index in [1.54, 1.807) is 0 Å². The van der Waals surface area contributed by atoms with Gasteiger partial charge in [0, 0.05) is 41.7 Å². The van der Waals surface area contributed by atoms with E-state index in [0.717, 1.165) is 19.3 Å². The number of carbonyl (C=O) groups is 2. The van der Waals surface area contributed by atoms with Gasteiger partial charge >= 0.3 is 5.97 Å². The number of carbonyl (C=O) groups excluding carboxylic acids is 1. The van der Waals surface area contributed by atoms with Gasteiger partial charge in [-0.15, -0.1) is 0 Å². The van der Waals surface area contributed by atoms with Crippen LogP contribution < -0.4 is 5.32 Å². The second-order valence-corrected chi connectivity index (χ2v) is 3.46. The van der Waals surface area contributed by atoms with E-state index < -0.39 is 12.0 Å². The minimum absolute atomic E-state index is 0. The minimum atomic E-state index is -1.04. The summed E-state index contributed by atoms with van der Waals surface area (Å²) in [4.78, 5) is 21.7. The van der Waals surface area contributed by atoms with E-state index in [4.69, 9.17) is 5.11 Å². The van der Waals surface area contributed by atoms with Crippen molar-refractivity contribution >= 4 is 54.1 Å². The van der Waals surface area contributed by atoms with Gasteiger partial charge in [-0.3, -0.25) is 4.79 Å². The number of unbranched alkanes of at least 4 members (excludes halogenated alkanes) is 2. The molecule has 2 N–H and O–H groups in total. The van der Waals surface area contributed by atoms with Crippen LogP contribution in [0, 0.1) is 0 Å². The summed E-state index contributed by atoms with van der Waals surface area (Å²) in [6.07, 6.45) is 3.24. The maximum absolute atomic E-state index is 11.2. The van der Waals surface area contributed by atoms with E-state index in [0.29, 0.717) is 6.42 Å². The van der Waals surface area contributed by atoms with Gasteiger partial charge in [-0.25, -0.2) is 4.79 Å². The van der Waals surface area contributed by atoms with Crippen LogP contribution in [0.15, 0.2) is 0 Å². The van der Waals surface area contributed by atoms with Gasteiger partial charge in [-0.1, -0.05) is 19.8 Å². The van der Waals surface area contributed by atoms with Crippen LogP contribution in [0.1, 0.15) is 32.6 Å². The average Bonchev–Trinajstić information content (AvgIpc) is 2.14. The van der Waals surface area contributed by atoms with Gasteiger partial charge in [-0.2, -0.15) is 12.6 Å². The van der Waals surface area contributed by atoms with Crippen molar-refractivity contribution in [3.8, 4) is 0 Å². The largest absolute Gasteiger partial charge is 0.480 e. The van der Waals surface area contributed by atoms with E-state index in [9.17, 15) is 9.59 Å². The molecular formula is C9H17NNaO3S. The van der Waals surface area contributed by atoms with Crippen LogP contribution in [0.5, 0.6) is 0 Å². The third kappa shape index (κ3) is 9.23. The molecule has 0 aromatic rings. The van der Waals surface area contributed by atoms with Gasteiger partial charge in [0.2, 0.25) is 5.91 Å². The van der Waals surface area contributed by atoms with Crippen molar-refractivity contribution in [2.45, 2.75) is 38.6 Å². The summed E-state index contributed by atoms with van der Waals surface area (Å²) in [7, 11) is 0. The first-order valence-corrected chi connectivity index (χ1v) is 5.38. The zero-order chi connectivity index (χ0) is 11.0. The van der Waals surface area contributed by atoms with Crippen LogP contribution in [0.25, 0.3) is 0 Å². The van der Waals surface area contributed by atoms with E-state index >= 15 is 0 Å². The molecule has 0 heterocycles. The molecule has 0 aliphatic heterocycles. The second-order valence-electron chi connectivity index (χ2n) is 3.10. The molecular weight excluding hydrogens is 225 g/mol. The number of hydrogen-bond acceptors (Lipinski definition) is 3. The molecule has 15 heavy (non-hydrogen) atoms. The topological polar surface area (TPSA) is 66.4 Å². The standard InChI is InChI=1S/C9H17NO3S.Na/c1-2-3-4-5-8(11)10-7(6-14)9(12)13;/h7,14H,2-6H2,1H3,(H,10,11)(H,12,13);/t7-;/m0./s1. The Bertz CT molecular complexity index is 202. The summed E-state index contributed by atoms with van der Waals surface area (Å²) >= 11 is 3.84. The Morgan fingerprint density at radius 3 is 2.40 bits per heavy atom. The zero-order valence-electron chi connectivity index (χ0n) is 9.32. The summed E-state index contributed by atoms with van der Waals surface area (Å²) in [6.45, 7) is 2.05. The molecule has 0 saturated heterocycles. The number of hydrogen-bond donors (Lipinski definition) is 3. The van der Waals surface area contributed by atoms with Gasteiger partial charge in [-0.05, 0) is 6.42 Å². The number of thiol groups is 1. The summed E-state index contributed by atoms with van der Waals surface area (Å²) in [5, 5.41) is 11.0. The Labute approximate surface area is 118 Å². The number of carboxylic acids is 1. The molecule has 6 heteroatoms. The van der Waals surface area contributed by atoms with Crippen molar-refractivity contribution in [2.75, 3.05) is 5.75 Å². The fourth-order valence-electron chi connectivity index (χ4n) is 0.988.